The van der Waals surface area contributed by atoms with Gasteiger partial charge in [-0.25, -0.2) is 0 Å². The molecule has 0 N–H and O–H groups in total. The zero-order chi connectivity index (χ0) is 8.43. The second kappa shape index (κ2) is 3.84. The minimum atomic E-state index is 0.666. The third-order valence-electron chi connectivity index (χ3n) is 2.99. The van der Waals surface area contributed by atoms with Gasteiger partial charge in [0.2, 0.25) is 0 Å². The molecular weight excluding hydrogens is 152 g/mol. The Morgan fingerprint density at radius 3 is 2.36 bits per heavy atom. The molecule has 1 aliphatic carbocycles. The monoisotopic (exact) mass is 172 g/mol. The highest BCUT2D eigenvalue weighted by Gasteiger charge is 2.27. The van der Waals surface area contributed by atoms with Crippen molar-refractivity contribution in [3.8, 4) is 0 Å². The number of hydrogen-bond donors (Lipinski definition) is 1. The lowest BCUT2D eigenvalue weighted by Gasteiger charge is -2.34. The van der Waals surface area contributed by atoms with Crippen molar-refractivity contribution < 1.29 is 0 Å². The summed E-state index contributed by atoms with van der Waals surface area (Å²) in [5.41, 5.74) is 0. The van der Waals surface area contributed by atoms with Crippen LogP contribution in [0.25, 0.3) is 0 Å². The van der Waals surface area contributed by atoms with Crippen molar-refractivity contribution in [3.05, 3.63) is 0 Å². The van der Waals surface area contributed by atoms with Gasteiger partial charge in [-0.15, -0.1) is 0 Å². The van der Waals surface area contributed by atoms with Crippen LogP contribution in [0.15, 0.2) is 0 Å². The van der Waals surface area contributed by atoms with E-state index in [-0.39, 0.29) is 0 Å². The molecule has 0 nitrogen and oxygen atoms in total. The molecule has 0 amide bonds. The molecule has 66 valence electrons. The van der Waals surface area contributed by atoms with Crippen LogP contribution in [-0.2, 0) is 0 Å². The molecule has 11 heavy (non-hydrogen) atoms. The Kier molecular flexibility index (Phi) is 3.29. The SMILES string of the molecule is CC(C)[C@H]1CC[C@H](C)C[C@H]1S. The molecule has 1 aliphatic rings. The summed E-state index contributed by atoms with van der Waals surface area (Å²) in [4.78, 5) is 0. The number of rotatable bonds is 1. The molecule has 0 aromatic rings. The average molecular weight is 172 g/mol. The molecule has 0 aromatic carbocycles. The van der Waals surface area contributed by atoms with Crippen LogP contribution < -0.4 is 0 Å². The van der Waals surface area contributed by atoms with Crippen molar-refractivity contribution >= 4 is 12.6 Å². The van der Waals surface area contributed by atoms with Crippen LogP contribution in [-0.4, -0.2) is 5.25 Å². The van der Waals surface area contributed by atoms with E-state index in [1.165, 1.54) is 19.3 Å². The molecular formula is C10H20S. The molecule has 1 heteroatoms. The minimum absolute atomic E-state index is 0.666. The van der Waals surface area contributed by atoms with Gasteiger partial charge >= 0.3 is 0 Å². The smallest absolute Gasteiger partial charge is 0.00500 e. The highest BCUT2D eigenvalue weighted by Crippen LogP contribution is 2.36. The van der Waals surface area contributed by atoms with Crippen molar-refractivity contribution in [2.45, 2.75) is 45.3 Å². The summed E-state index contributed by atoms with van der Waals surface area (Å²) in [6, 6.07) is 0. The fraction of sp³-hybridized carbons (Fsp3) is 1.00. The Bertz CT molecular complexity index is 120. The maximum absolute atomic E-state index is 4.65. The topological polar surface area (TPSA) is 0 Å². The van der Waals surface area contributed by atoms with Gasteiger partial charge in [0.15, 0.2) is 0 Å². The van der Waals surface area contributed by atoms with E-state index >= 15 is 0 Å². The van der Waals surface area contributed by atoms with Crippen molar-refractivity contribution in [2.75, 3.05) is 0 Å². The van der Waals surface area contributed by atoms with Crippen LogP contribution in [0.5, 0.6) is 0 Å². The first-order valence-electron chi connectivity index (χ1n) is 4.79. The Morgan fingerprint density at radius 1 is 1.27 bits per heavy atom. The van der Waals surface area contributed by atoms with Crippen LogP contribution in [0.4, 0.5) is 0 Å². The third kappa shape index (κ3) is 2.40. The van der Waals surface area contributed by atoms with Crippen LogP contribution in [0.1, 0.15) is 40.0 Å². The fourth-order valence-corrected chi connectivity index (χ4v) is 3.01. The Hall–Kier alpha value is 0.350. The molecule has 0 bridgehead atoms. The first kappa shape index (κ1) is 9.44. The van der Waals surface area contributed by atoms with Crippen molar-refractivity contribution in [1.82, 2.24) is 0 Å². The van der Waals surface area contributed by atoms with E-state index < -0.39 is 0 Å². The fourth-order valence-electron chi connectivity index (χ4n) is 2.15. The molecule has 3 atom stereocenters. The lowest BCUT2D eigenvalue weighted by atomic mass is 9.77. The molecule has 0 saturated heterocycles. The van der Waals surface area contributed by atoms with Crippen molar-refractivity contribution in [2.24, 2.45) is 17.8 Å². The molecule has 0 unspecified atom stereocenters. The maximum Gasteiger partial charge on any atom is 0.00500 e. The summed E-state index contributed by atoms with van der Waals surface area (Å²) in [5.74, 6) is 2.60. The summed E-state index contributed by atoms with van der Waals surface area (Å²) in [7, 11) is 0. The quantitative estimate of drug-likeness (QED) is 0.576. The van der Waals surface area contributed by atoms with E-state index in [1.54, 1.807) is 0 Å². The molecule has 1 fully saturated rings. The van der Waals surface area contributed by atoms with Crippen molar-refractivity contribution in [3.63, 3.8) is 0 Å². The lowest BCUT2D eigenvalue weighted by molar-refractivity contribution is 0.245. The second-order valence-corrected chi connectivity index (χ2v) is 5.06. The Labute approximate surface area is 76.2 Å². The van der Waals surface area contributed by atoms with Gasteiger partial charge in [-0.1, -0.05) is 27.2 Å². The van der Waals surface area contributed by atoms with Gasteiger partial charge in [0, 0.05) is 5.25 Å². The normalized spacial score (nSPS) is 39.5. The van der Waals surface area contributed by atoms with Gasteiger partial charge < -0.3 is 0 Å². The van der Waals surface area contributed by atoms with E-state index in [4.69, 9.17) is 0 Å². The zero-order valence-electron chi connectivity index (χ0n) is 7.88. The van der Waals surface area contributed by atoms with Gasteiger partial charge in [-0.2, -0.15) is 12.6 Å². The molecule has 1 rings (SSSR count). The van der Waals surface area contributed by atoms with E-state index in [9.17, 15) is 0 Å². The summed E-state index contributed by atoms with van der Waals surface area (Å²) in [5, 5.41) is 0.666. The predicted molar refractivity (Wildman–Crippen MR) is 54.1 cm³/mol. The molecule has 1 saturated carbocycles. The Balaban J connectivity index is 2.44. The molecule has 0 heterocycles. The third-order valence-corrected chi connectivity index (χ3v) is 3.58. The van der Waals surface area contributed by atoms with E-state index in [0.717, 1.165) is 17.8 Å². The summed E-state index contributed by atoms with van der Waals surface area (Å²) >= 11 is 4.65. The Morgan fingerprint density at radius 2 is 1.91 bits per heavy atom. The van der Waals surface area contributed by atoms with Gasteiger partial charge in [0.1, 0.15) is 0 Å². The largest absolute Gasteiger partial charge is 0.176 e. The summed E-state index contributed by atoms with van der Waals surface area (Å²) in [6.45, 7) is 6.99. The maximum atomic E-state index is 4.65. The van der Waals surface area contributed by atoms with Crippen LogP contribution in [0.3, 0.4) is 0 Å². The van der Waals surface area contributed by atoms with Crippen LogP contribution in [0.2, 0.25) is 0 Å². The molecule has 0 aliphatic heterocycles. The first-order valence-corrected chi connectivity index (χ1v) is 5.31. The van der Waals surface area contributed by atoms with E-state index in [1.807, 2.05) is 0 Å². The molecule has 0 radical (unpaired) electrons. The van der Waals surface area contributed by atoms with Crippen molar-refractivity contribution in [1.29, 1.82) is 0 Å². The standard InChI is InChI=1S/C10H20S/c1-7(2)9-5-4-8(3)6-10(9)11/h7-11H,4-6H2,1-3H3/t8-,9+,10+/m0/s1. The zero-order valence-corrected chi connectivity index (χ0v) is 8.77. The van der Waals surface area contributed by atoms with E-state index in [2.05, 4.69) is 33.4 Å². The van der Waals surface area contributed by atoms with Crippen LogP contribution in [0, 0.1) is 17.8 Å². The predicted octanol–water partition coefficient (Wildman–Crippen LogP) is 3.38. The highest BCUT2D eigenvalue weighted by atomic mass is 32.1. The van der Waals surface area contributed by atoms with Gasteiger partial charge in [0.05, 0.1) is 0 Å². The summed E-state index contributed by atoms with van der Waals surface area (Å²) < 4.78 is 0. The number of hydrogen-bond acceptors (Lipinski definition) is 1. The number of thiol groups is 1. The molecule has 0 aromatic heterocycles. The van der Waals surface area contributed by atoms with Crippen LogP contribution >= 0.6 is 12.6 Å². The van der Waals surface area contributed by atoms with Gasteiger partial charge in [-0.05, 0) is 30.6 Å². The average Bonchev–Trinajstić information content (AvgIpc) is 1.85. The minimum Gasteiger partial charge on any atom is -0.176 e. The van der Waals surface area contributed by atoms with E-state index in [0.29, 0.717) is 5.25 Å². The first-order chi connectivity index (χ1) is 5.11. The second-order valence-electron chi connectivity index (χ2n) is 4.39. The molecule has 0 spiro atoms. The highest BCUT2D eigenvalue weighted by molar-refractivity contribution is 7.81. The van der Waals surface area contributed by atoms with Gasteiger partial charge in [-0.3, -0.25) is 0 Å². The summed E-state index contributed by atoms with van der Waals surface area (Å²) in [6.07, 6.45) is 4.14. The van der Waals surface area contributed by atoms with Gasteiger partial charge in [0.25, 0.3) is 0 Å². The lowest BCUT2D eigenvalue weighted by Crippen LogP contribution is -2.27.